The third kappa shape index (κ3) is 6.52. The highest BCUT2D eigenvalue weighted by molar-refractivity contribution is 5.69. The molecule has 0 aliphatic carbocycles. The van der Waals surface area contributed by atoms with Crippen LogP contribution in [-0.2, 0) is 0 Å². The Bertz CT molecular complexity index is 212. The van der Waals surface area contributed by atoms with E-state index in [0.29, 0.717) is 0 Å². The standard InChI is InChI=1S/C10H13N/c1-3-4-5-6-7-10(2)8-9-11/h3-9,11H,1H2,2H3/p+1/b5-4+,7-6+,10-8+,11-9?. The maximum Gasteiger partial charge on any atom is 1.00 e. The summed E-state index contributed by atoms with van der Waals surface area (Å²) in [6, 6.07) is 0. The fraction of sp³-hybridized carbons (Fsp3) is 0.100. The minimum atomic E-state index is 0. The van der Waals surface area contributed by atoms with Crippen molar-refractivity contribution in [2.24, 2.45) is 0 Å². The van der Waals surface area contributed by atoms with Crippen molar-refractivity contribution in [2.45, 2.75) is 6.92 Å². The molecule has 0 aromatic carbocycles. The molecule has 0 rings (SSSR count). The molecule has 0 radical (unpaired) electrons. The minimum absolute atomic E-state index is 0. The molecule has 0 amide bonds. The van der Waals surface area contributed by atoms with Gasteiger partial charge in [-0.05, 0) is 18.6 Å². The molecule has 0 aromatic rings. The summed E-state index contributed by atoms with van der Waals surface area (Å²) in [6.07, 6.45) is 12.3. The van der Waals surface area contributed by atoms with Gasteiger partial charge < -0.3 is 5.41 Å². The molecule has 1 heteroatoms. The summed E-state index contributed by atoms with van der Waals surface area (Å²) in [5.74, 6) is 0. The van der Waals surface area contributed by atoms with Crippen molar-refractivity contribution in [1.29, 1.82) is 5.41 Å². The minimum Gasteiger partial charge on any atom is -0.309 e. The predicted octanol–water partition coefficient (Wildman–Crippen LogP) is 2.99. The second-order valence-electron chi connectivity index (χ2n) is 2.06. The summed E-state index contributed by atoms with van der Waals surface area (Å²) in [5.41, 5.74) is 1.06. The van der Waals surface area contributed by atoms with Gasteiger partial charge in [0.05, 0.1) is 0 Å². The molecule has 0 atom stereocenters. The van der Waals surface area contributed by atoms with Gasteiger partial charge in [0, 0.05) is 6.21 Å². The molecule has 0 saturated carbocycles. The second kappa shape index (κ2) is 6.75. The molecule has 0 aliphatic heterocycles. The van der Waals surface area contributed by atoms with Gasteiger partial charge in [-0.25, -0.2) is 0 Å². The van der Waals surface area contributed by atoms with Crippen LogP contribution in [0.1, 0.15) is 8.35 Å². The van der Waals surface area contributed by atoms with Crippen molar-refractivity contribution in [3.8, 4) is 0 Å². The van der Waals surface area contributed by atoms with Crippen LogP contribution in [-0.4, -0.2) is 6.21 Å². The lowest BCUT2D eigenvalue weighted by molar-refractivity contribution is 1.51. The fourth-order valence-corrected chi connectivity index (χ4v) is 0.537. The first-order valence-corrected chi connectivity index (χ1v) is 3.44. The van der Waals surface area contributed by atoms with Gasteiger partial charge >= 0.3 is 1.43 Å². The largest absolute Gasteiger partial charge is 1.00 e. The zero-order valence-corrected chi connectivity index (χ0v) is 6.75. The summed E-state index contributed by atoms with van der Waals surface area (Å²) in [5, 5.41) is 6.78. The van der Waals surface area contributed by atoms with E-state index in [0.717, 1.165) is 5.57 Å². The SMILES string of the molecule is C=C/C=C/C=C/C(C)=C/C=N.[H+]. The highest BCUT2D eigenvalue weighted by Gasteiger charge is 1.74. The van der Waals surface area contributed by atoms with Crippen LogP contribution < -0.4 is 0 Å². The van der Waals surface area contributed by atoms with Crippen molar-refractivity contribution in [1.82, 2.24) is 0 Å². The molecule has 1 N–H and O–H groups in total. The summed E-state index contributed by atoms with van der Waals surface area (Å²) in [7, 11) is 0. The molecule has 0 bridgehead atoms. The quantitative estimate of drug-likeness (QED) is 0.468. The van der Waals surface area contributed by atoms with E-state index in [2.05, 4.69) is 6.58 Å². The van der Waals surface area contributed by atoms with Gasteiger partial charge in [-0.15, -0.1) is 0 Å². The van der Waals surface area contributed by atoms with E-state index in [1.165, 1.54) is 6.21 Å². The molecule has 0 spiro atoms. The predicted molar refractivity (Wildman–Crippen MR) is 52.1 cm³/mol. The first-order valence-electron chi connectivity index (χ1n) is 3.44. The third-order valence-corrected chi connectivity index (χ3v) is 1.06. The molecule has 0 saturated heterocycles. The molecule has 0 aliphatic rings. The highest BCUT2D eigenvalue weighted by atomic mass is 14.3. The summed E-state index contributed by atoms with van der Waals surface area (Å²) >= 11 is 0. The van der Waals surface area contributed by atoms with E-state index in [1.54, 1.807) is 12.2 Å². The Kier molecular flexibility index (Phi) is 5.91. The lowest BCUT2D eigenvalue weighted by Gasteiger charge is -1.83. The summed E-state index contributed by atoms with van der Waals surface area (Å²) in [6.45, 7) is 5.49. The Hall–Kier alpha value is -1.37. The van der Waals surface area contributed by atoms with Crippen LogP contribution in [0.15, 0.2) is 48.6 Å². The number of nitrogens with one attached hydrogen (secondary N) is 1. The van der Waals surface area contributed by atoms with Crippen LogP contribution in [0.4, 0.5) is 0 Å². The lowest BCUT2D eigenvalue weighted by Crippen LogP contribution is -1.67. The first-order chi connectivity index (χ1) is 5.31. The van der Waals surface area contributed by atoms with Gasteiger partial charge in [0.1, 0.15) is 0 Å². The maximum absolute atomic E-state index is 6.78. The van der Waals surface area contributed by atoms with Crippen molar-refractivity contribution >= 4 is 6.21 Å². The van der Waals surface area contributed by atoms with Gasteiger partial charge in [0.25, 0.3) is 0 Å². The van der Waals surface area contributed by atoms with E-state index in [1.807, 2.05) is 31.2 Å². The van der Waals surface area contributed by atoms with E-state index in [9.17, 15) is 0 Å². The second-order valence-corrected chi connectivity index (χ2v) is 2.06. The zero-order valence-electron chi connectivity index (χ0n) is 7.75. The highest BCUT2D eigenvalue weighted by Crippen LogP contribution is 1.92. The number of rotatable bonds is 4. The van der Waals surface area contributed by atoms with Crippen LogP contribution in [0.25, 0.3) is 0 Å². The molecule has 1 nitrogen and oxygen atoms in total. The third-order valence-electron chi connectivity index (χ3n) is 1.06. The van der Waals surface area contributed by atoms with Gasteiger partial charge in [-0.1, -0.05) is 37.0 Å². The average Bonchev–Trinajstić information content (AvgIpc) is 1.99. The van der Waals surface area contributed by atoms with Crippen LogP contribution in [0.3, 0.4) is 0 Å². The fourth-order valence-electron chi connectivity index (χ4n) is 0.537. The lowest BCUT2D eigenvalue weighted by atomic mass is 10.2. The Morgan fingerprint density at radius 1 is 1.36 bits per heavy atom. The summed E-state index contributed by atoms with van der Waals surface area (Å²) < 4.78 is 0. The number of hydrogen-bond acceptors (Lipinski definition) is 1. The molecule has 58 valence electrons. The Morgan fingerprint density at radius 3 is 2.64 bits per heavy atom. The van der Waals surface area contributed by atoms with E-state index < -0.39 is 0 Å². The van der Waals surface area contributed by atoms with Crippen molar-refractivity contribution in [3.05, 3.63) is 48.6 Å². The average molecular weight is 148 g/mol. The van der Waals surface area contributed by atoms with E-state index in [4.69, 9.17) is 5.41 Å². The summed E-state index contributed by atoms with van der Waals surface area (Å²) in [4.78, 5) is 0. The Labute approximate surface area is 69.4 Å². The van der Waals surface area contributed by atoms with E-state index >= 15 is 0 Å². The van der Waals surface area contributed by atoms with E-state index in [-0.39, 0.29) is 1.43 Å². The van der Waals surface area contributed by atoms with Gasteiger partial charge in [-0.2, -0.15) is 0 Å². The van der Waals surface area contributed by atoms with Crippen molar-refractivity contribution in [2.75, 3.05) is 0 Å². The number of hydrogen-bond donors (Lipinski definition) is 1. The maximum atomic E-state index is 6.78. The molecule has 11 heavy (non-hydrogen) atoms. The van der Waals surface area contributed by atoms with Crippen LogP contribution in [0.2, 0.25) is 0 Å². The monoisotopic (exact) mass is 148 g/mol. The molecule has 0 aromatic heterocycles. The van der Waals surface area contributed by atoms with Crippen LogP contribution >= 0.6 is 0 Å². The van der Waals surface area contributed by atoms with Crippen molar-refractivity contribution in [3.63, 3.8) is 0 Å². The molecule has 0 heterocycles. The molecule has 0 unspecified atom stereocenters. The van der Waals surface area contributed by atoms with Crippen LogP contribution in [0, 0.1) is 5.41 Å². The van der Waals surface area contributed by atoms with Gasteiger partial charge in [0.15, 0.2) is 0 Å². The van der Waals surface area contributed by atoms with Gasteiger partial charge in [0.2, 0.25) is 0 Å². The Morgan fingerprint density at radius 2 is 2.09 bits per heavy atom. The Balaban J connectivity index is 0. The first kappa shape index (κ1) is 9.63. The number of allylic oxidation sites excluding steroid dienone is 7. The van der Waals surface area contributed by atoms with Crippen LogP contribution in [0.5, 0.6) is 0 Å². The van der Waals surface area contributed by atoms with Crippen molar-refractivity contribution < 1.29 is 1.43 Å². The van der Waals surface area contributed by atoms with Gasteiger partial charge in [-0.3, -0.25) is 0 Å². The molecular weight excluding hydrogens is 134 g/mol. The molecule has 0 fully saturated rings. The topological polar surface area (TPSA) is 23.9 Å². The zero-order chi connectivity index (χ0) is 8.53. The smallest absolute Gasteiger partial charge is 0.309 e. The normalized spacial score (nSPS) is 12.6. The molecular formula is C10H14N+.